The van der Waals surface area contributed by atoms with E-state index in [0.717, 1.165) is 29.5 Å². The topological polar surface area (TPSA) is 62.3 Å². The van der Waals surface area contributed by atoms with Crippen LogP contribution in [0.25, 0.3) is 11.1 Å². The van der Waals surface area contributed by atoms with E-state index in [0.29, 0.717) is 31.6 Å². The van der Waals surface area contributed by atoms with Gasteiger partial charge in [-0.3, -0.25) is 14.6 Å². The van der Waals surface area contributed by atoms with Crippen molar-refractivity contribution in [3.8, 4) is 11.1 Å². The predicted molar refractivity (Wildman–Crippen MR) is 126 cm³/mol. The first-order valence-corrected chi connectivity index (χ1v) is 11.2. The van der Waals surface area contributed by atoms with Gasteiger partial charge in [0.25, 0.3) is 5.91 Å². The Balaban J connectivity index is 1.62. The molecule has 2 amide bonds. The molecule has 2 aromatic carbocycles. The van der Waals surface area contributed by atoms with Gasteiger partial charge in [0.1, 0.15) is 0 Å². The Bertz CT molecular complexity index is 1070. The minimum Gasteiger partial charge on any atom is -0.356 e. The number of amides is 2. The van der Waals surface area contributed by atoms with Crippen LogP contribution in [0.3, 0.4) is 0 Å². The molecule has 5 heteroatoms. The number of carbonyl (C=O) groups is 2. The lowest BCUT2D eigenvalue weighted by Crippen LogP contribution is -2.54. The van der Waals surface area contributed by atoms with Crippen LogP contribution in [0.2, 0.25) is 0 Å². The molecule has 1 fully saturated rings. The summed E-state index contributed by atoms with van der Waals surface area (Å²) in [4.78, 5) is 32.4. The first-order valence-electron chi connectivity index (χ1n) is 11.2. The van der Waals surface area contributed by atoms with E-state index in [1.807, 2.05) is 60.4 Å². The molecule has 0 unspecified atom stereocenters. The fraction of sp³-hybridized carbons (Fsp3) is 0.296. The summed E-state index contributed by atoms with van der Waals surface area (Å²) in [5, 5.41) is 3.04. The first kappa shape index (κ1) is 21.8. The molecule has 1 saturated heterocycles. The second kappa shape index (κ2) is 9.77. The Morgan fingerprint density at radius 2 is 1.78 bits per heavy atom. The summed E-state index contributed by atoms with van der Waals surface area (Å²) >= 11 is 0. The van der Waals surface area contributed by atoms with Gasteiger partial charge in [0.05, 0.1) is 5.41 Å². The summed E-state index contributed by atoms with van der Waals surface area (Å²) in [6, 6.07) is 21.6. The van der Waals surface area contributed by atoms with Crippen LogP contribution in [0.5, 0.6) is 0 Å². The van der Waals surface area contributed by atoms with E-state index in [1.54, 1.807) is 12.4 Å². The first-order chi connectivity index (χ1) is 15.6. The molecular weight excluding hydrogens is 398 g/mol. The van der Waals surface area contributed by atoms with Gasteiger partial charge in [0.2, 0.25) is 5.91 Å². The summed E-state index contributed by atoms with van der Waals surface area (Å²) in [5.41, 5.74) is 3.32. The zero-order valence-electron chi connectivity index (χ0n) is 18.5. The molecule has 0 spiro atoms. The Morgan fingerprint density at radius 1 is 1.00 bits per heavy atom. The number of pyridine rings is 1. The van der Waals surface area contributed by atoms with Crippen LogP contribution >= 0.6 is 0 Å². The van der Waals surface area contributed by atoms with Crippen molar-refractivity contribution in [2.75, 3.05) is 19.6 Å². The summed E-state index contributed by atoms with van der Waals surface area (Å²) in [5.74, 6) is 0.0179. The highest BCUT2D eigenvalue weighted by Crippen LogP contribution is 2.36. The number of nitrogens with one attached hydrogen (secondary N) is 1. The standard InChI is InChI=1S/C27H29N3O2/c1-2-29-26(32)27(14-7-17-30(20-27)25(31)23-9-4-3-5-10-23)19-21-8-6-11-24(18-21)22-12-15-28-16-13-22/h3-6,8-13,15-16,18H,2,7,14,17,19-20H2,1H3,(H,29,32)/t27-/m0/s1. The fourth-order valence-corrected chi connectivity index (χ4v) is 4.62. The summed E-state index contributed by atoms with van der Waals surface area (Å²) < 4.78 is 0. The molecule has 1 aliphatic rings. The van der Waals surface area contributed by atoms with Gasteiger partial charge in [-0.1, -0.05) is 42.5 Å². The monoisotopic (exact) mass is 427 g/mol. The van der Waals surface area contributed by atoms with Gasteiger partial charge in [-0.2, -0.15) is 0 Å². The van der Waals surface area contributed by atoms with E-state index >= 15 is 0 Å². The molecule has 1 atom stereocenters. The van der Waals surface area contributed by atoms with E-state index in [-0.39, 0.29) is 11.8 Å². The number of piperidine rings is 1. The van der Waals surface area contributed by atoms with Gasteiger partial charge in [0, 0.05) is 37.6 Å². The van der Waals surface area contributed by atoms with E-state index < -0.39 is 5.41 Å². The van der Waals surface area contributed by atoms with Gasteiger partial charge < -0.3 is 10.2 Å². The lowest BCUT2D eigenvalue weighted by atomic mass is 9.73. The van der Waals surface area contributed by atoms with Gasteiger partial charge in [-0.15, -0.1) is 0 Å². The van der Waals surface area contributed by atoms with Crippen molar-refractivity contribution in [3.05, 3.63) is 90.3 Å². The Kier molecular flexibility index (Phi) is 6.64. The molecule has 2 heterocycles. The quantitative estimate of drug-likeness (QED) is 0.636. The second-order valence-electron chi connectivity index (χ2n) is 8.45. The van der Waals surface area contributed by atoms with Gasteiger partial charge in [-0.05, 0) is 67.1 Å². The molecule has 0 bridgehead atoms. The lowest BCUT2D eigenvalue weighted by molar-refractivity contribution is -0.133. The number of hydrogen-bond acceptors (Lipinski definition) is 3. The molecule has 4 rings (SSSR count). The molecule has 0 saturated carbocycles. The molecule has 3 aromatic rings. The van der Waals surface area contributed by atoms with E-state index in [9.17, 15) is 9.59 Å². The SMILES string of the molecule is CCNC(=O)[C@]1(Cc2cccc(-c3ccncc3)c2)CCCN(C(=O)c2ccccc2)C1. The van der Waals surface area contributed by atoms with Crippen LogP contribution in [0.4, 0.5) is 0 Å². The van der Waals surface area contributed by atoms with Crippen molar-refractivity contribution in [2.24, 2.45) is 5.41 Å². The largest absolute Gasteiger partial charge is 0.356 e. The molecule has 164 valence electrons. The summed E-state index contributed by atoms with van der Waals surface area (Å²) in [6.45, 7) is 3.60. The molecule has 1 aromatic heterocycles. The molecule has 0 aliphatic carbocycles. The minimum atomic E-state index is -0.643. The smallest absolute Gasteiger partial charge is 0.253 e. The normalized spacial score (nSPS) is 18.2. The Hall–Kier alpha value is -3.47. The van der Waals surface area contributed by atoms with Crippen LogP contribution in [0, 0.1) is 5.41 Å². The van der Waals surface area contributed by atoms with Gasteiger partial charge >= 0.3 is 0 Å². The van der Waals surface area contributed by atoms with Crippen molar-refractivity contribution in [3.63, 3.8) is 0 Å². The molecule has 1 aliphatic heterocycles. The average molecular weight is 428 g/mol. The Morgan fingerprint density at radius 3 is 2.53 bits per heavy atom. The minimum absolute atomic E-state index is 0.00971. The molecule has 0 radical (unpaired) electrons. The van der Waals surface area contributed by atoms with E-state index in [4.69, 9.17) is 0 Å². The summed E-state index contributed by atoms with van der Waals surface area (Å²) in [7, 11) is 0. The van der Waals surface area contributed by atoms with Crippen LogP contribution in [-0.4, -0.2) is 41.3 Å². The van der Waals surface area contributed by atoms with Crippen molar-refractivity contribution < 1.29 is 9.59 Å². The molecule has 1 N–H and O–H groups in total. The van der Waals surface area contributed by atoms with Crippen LogP contribution in [-0.2, 0) is 11.2 Å². The van der Waals surface area contributed by atoms with Crippen molar-refractivity contribution in [2.45, 2.75) is 26.2 Å². The molecule has 5 nitrogen and oxygen atoms in total. The van der Waals surface area contributed by atoms with Crippen molar-refractivity contribution in [1.82, 2.24) is 15.2 Å². The van der Waals surface area contributed by atoms with Crippen LogP contribution < -0.4 is 5.32 Å². The number of rotatable bonds is 6. The maximum Gasteiger partial charge on any atom is 0.253 e. The number of likely N-dealkylation sites (tertiary alicyclic amines) is 1. The highest BCUT2D eigenvalue weighted by atomic mass is 16.2. The van der Waals surface area contributed by atoms with E-state index in [1.165, 1.54) is 0 Å². The zero-order valence-corrected chi connectivity index (χ0v) is 18.5. The highest BCUT2D eigenvalue weighted by molar-refractivity contribution is 5.95. The number of nitrogens with zero attached hydrogens (tertiary/aromatic N) is 2. The third kappa shape index (κ3) is 4.72. The zero-order chi connectivity index (χ0) is 22.4. The maximum absolute atomic E-state index is 13.3. The second-order valence-corrected chi connectivity index (χ2v) is 8.45. The van der Waals surface area contributed by atoms with E-state index in [2.05, 4.69) is 28.5 Å². The number of hydrogen-bond donors (Lipinski definition) is 1. The average Bonchev–Trinajstić information content (AvgIpc) is 2.85. The fourth-order valence-electron chi connectivity index (χ4n) is 4.62. The molecule has 32 heavy (non-hydrogen) atoms. The number of carbonyl (C=O) groups excluding carboxylic acids is 2. The predicted octanol–water partition coefficient (Wildman–Crippen LogP) is 4.35. The van der Waals surface area contributed by atoms with Crippen LogP contribution in [0.1, 0.15) is 35.7 Å². The maximum atomic E-state index is 13.3. The third-order valence-electron chi connectivity index (χ3n) is 6.19. The van der Waals surface area contributed by atoms with Gasteiger partial charge in [0.15, 0.2) is 0 Å². The number of aromatic nitrogens is 1. The molecular formula is C27H29N3O2. The number of benzene rings is 2. The summed E-state index contributed by atoms with van der Waals surface area (Å²) in [6.07, 6.45) is 5.73. The van der Waals surface area contributed by atoms with Gasteiger partial charge in [-0.25, -0.2) is 0 Å². The van der Waals surface area contributed by atoms with Crippen molar-refractivity contribution >= 4 is 11.8 Å². The van der Waals surface area contributed by atoms with Crippen molar-refractivity contribution in [1.29, 1.82) is 0 Å². The van der Waals surface area contributed by atoms with Crippen LogP contribution in [0.15, 0.2) is 79.1 Å². The Labute approximate surface area is 189 Å². The lowest BCUT2D eigenvalue weighted by Gasteiger charge is -2.42. The highest BCUT2D eigenvalue weighted by Gasteiger charge is 2.43. The third-order valence-corrected chi connectivity index (χ3v) is 6.19.